The summed E-state index contributed by atoms with van der Waals surface area (Å²) in [5, 5.41) is 4.92. The number of benzene rings is 2. The molecule has 0 saturated carbocycles. The van der Waals surface area contributed by atoms with Crippen molar-refractivity contribution < 1.29 is 27.2 Å². The third-order valence-corrected chi connectivity index (χ3v) is 3.83. The first-order chi connectivity index (χ1) is 12.6. The standard InChI is InChI=1S/C19H18F4N2O2/c1-11(2)16(25-17(26)14-5-3-4-6-15(14)20)18(27)24-13-9-7-12(8-10-13)19(21,22)23/h3-11,16H,1-2H3,(H,24,27)(H,25,26)/t16-/m1/s1. The van der Waals surface area contributed by atoms with Gasteiger partial charge in [0.1, 0.15) is 11.9 Å². The molecule has 144 valence electrons. The molecule has 27 heavy (non-hydrogen) atoms. The van der Waals surface area contributed by atoms with Crippen molar-refractivity contribution in [3.05, 3.63) is 65.5 Å². The second-order valence-electron chi connectivity index (χ2n) is 6.24. The largest absolute Gasteiger partial charge is 0.416 e. The van der Waals surface area contributed by atoms with Crippen LogP contribution in [0.25, 0.3) is 0 Å². The molecule has 0 aliphatic carbocycles. The Morgan fingerprint density at radius 3 is 2.07 bits per heavy atom. The Kier molecular flexibility index (Phi) is 6.20. The molecule has 4 nitrogen and oxygen atoms in total. The SMILES string of the molecule is CC(C)[C@@H](NC(=O)c1ccccc1F)C(=O)Nc1ccc(C(F)(F)F)cc1. The molecule has 8 heteroatoms. The molecule has 0 heterocycles. The maximum Gasteiger partial charge on any atom is 0.416 e. The van der Waals surface area contributed by atoms with E-state index in [0.717, 1.165) is 30.3 Å². The van der Waals surface area contributed by atoms with Crippen molar-refractivity contribution in [2.45, 2.75) is 26.1 Å². The average Bonchev–Trinajstić information content (AvgIpc) is 2.59. The zero-order valence-corrected chi connectivity index (χ0v) is 14.6. The molecule has 1 atom stereocenters. The Labute approximate surface area is 153 Å². The maximum atomic E-state index is 13.7. The van der Waals surface area contributed by atoms with Crippen LogP contribution in [0.15, 0.2) is 48.5 Å². The zero-order chi connectivity index (χ0) is 20.2. The topological polar surface area (TPSA) is 58.2 Å². The van der Waals surface area contributed by atoms with Crippen LogP contribution in [0.5, 0.6) is 0 Å². The van der Waals surface area contributed by atoms with Crippen molar-refractivity contribution in [2.24, 2.45) is 5.92 Å². The van der Waals surface area contributed by atoms with E-state index in [4.69, 9.17) is 0 Å². The van der Waals surface area contributed by atoms with Crippen LogP contribution in [-0.2, 0) is 11.0 Å². The van der Waals surface area contributed by atoms with E-state index in [0.29, 0.717) is 0 Å². The monoisotopic (exact) mass is 382 g/mol. The first kappa shape index (κ1) is 20.4. The fraction of sp³-hybridized carbons (Fsp3) is 0.263. The van der Waals surface area contributed by atoms with Gasteiger partial charge in [-0.15, -0.1) is 0 Å². The summed E-state index contributed by atoms with van der Waals surface area (Å²) in [7, 11) is 0. The molecule has 0 radical (unpaired) electrons. The molecule has 2 rings (SSSR count). The molecule has 0 fully saturated rings. The predicted molar refractivity (Wildman–Crippen MR) is 92.6 cm³/mol. The van der Waals surface area contributed by atoms with Crippen molar-refractivity contribution >= 4 is 17.5 Å². The molecule has 2 N–H and O–H groups in total. The van der Waals surface area contributed by atoms with E-state index in [1.807, 2.05) is 0 Å². The molecule has 0 saturated heterocycles. The van der Waals surface area contributed by atoms with E-state index < -0.39 is 35.4 Å². The number of hydrogen-bond donors (Lipinski definition) is 2. The first-order valence-corrected chi connectivity index (χ1v) is 8.13. The Morgan fingerprint density at radius 2 is 1.56 bits per heavy atom. The number of halogens is 4. The van der Waals surface area contributed by atoms with Gasteiger partial charge in [-0.25, -0.2) is 4.39 Å². The molecule has 0 aliphatic rings. The summed E-state index contributed by atoms with van der Waals surface area (Å²) in [5.74, 6) is -2.43. The number of anilines is 1. The molecule has 0 aliphatic heterocycles. The van der Waals surface area contributed by atoms with E-state index in [9.17, 15) is 27.2 Å². The summed E-state index contributed by atoms with van der Waals surface area (Å²) in [4.78, 5) is 24.7. The van der Waals surface area contributed by atoms with E-state index in [1.165, 1.54) is 18.2 Å². The molecule has 0 spiro atoms. The minimum atomic E-state index is -4.48. The number of alkyl halides is 3. The second kappa shape index (κ2) is 8.20. The Balaban J connectivity index is 2.11. The summed E-state index contributed by atoms with van der Waals surface area (Å²) in [6.45, 7) is 3.36. The summed E-state index contributed by atoms with van der Waals surface area (Å²) < 4.78 is 51.5. The summed E-state index contributed by atoms with van der Waals surface area (Å²) >= 11 is 0. The van der Waals surface area contributed by atoms with Gasteiger partial charge >= 0.3 is 6.18 Å². The first-order valence-electron chi connectivity index (χ1n) is 8.13. The minimum Gasteiger partial charge on any atom is -0.340 e. The van der Waals surface area contributed by atoms with Gasteiger partial charge in [-0.3, -0.25) is 9.59 Å². The highest BCUT2D eigenvalue weighted by Crippen LogP contribution is 2.29. The molecule has 2 amide bonds. The number of hydrogen-bond acceptors (Lipinski definition) is 2. The molecule has 2 aromatic rings. The number of carbonyl (C=O) groups excluding carboxylic acids is 2. The highest BCUT2D eigenvalue weighted by Gasteiger charge is 2.30. The van der Waals surface area contributed by atoms with Gasteiger partial charge in [0.15, 0.2) is 0 Å². The van der Waals surface area contributed by atoms with Crippen LogP contribution < -0.4 is 10.6 Å². The normalized spacial score (nSPS) is 12.6. The van der Waals surface area contributed by atoms with Crippen molar-refractivity contribution in [1.29, 1.82) is 0 Å². The summed E-state index contributed by atoms with van der Waals surface area (Å²) in [6, 6.07) is 8.27. The molecule has 2 aromatic carbocycles. The van der Waals surface area contributed by atoms with Crippen molar-refractivity contribution in [3.8, 4) is 0 Å². The van der Waals surface area contributed by atoms with Crippen LogP contribution in [0.2, 0.25) is 0 Å². The third-order valence-electron chi connectivity index (χ3n) is 3.83. The van der Waals surface area contributed by atoms with Gasteiger partial charge in [0, 0.05) is 5.69 Å². The van der Waals surface area contributed by atoms with E-state index >= 15 is 0 Å². The zero-order valence-electron chi connectivity index (χ0n) is 14.6. The van der Waals surface area contributed by atoms with Crippen LogP contribution in [0.1, 0.15) is 29.8 Å². The van der Waals surface area contributed by atoms with Gasteiger partial charge in [0.2, 0.25) is 5.91 Å². The van der Waals surface area contributed by atoms with Gasteiger partial charge in [-0.2, -0.15) is 13.2 Å². The van der Waals surface area contributed by atoms with Gasteiger partial charge in [0.25, 0.3) is 5.91 Å². The van der Waals surface area contributed by atoms with Crippen molar-refractivity contribution in [3.63, 3.8) is 0 Å². The van der Waals surface area contributed by atoms with Crippen LogP contribution >= 0.6 is 0 Å². The number of rotatable bonds is 5. The number of nitrogens with one attached hydrogen (secondary N) is 2. The fourth-order valence-electron chi connectivity index (χ4n) is 2.36. The van der Waals surface area contributed by atoms with Gasteiger partial charge in [-0.1, -0.05) is 26.0 Å². The van der Waals surface area contributed by atoms with E-state index in [-0.39, 0.29) is 17.2 Å². The lowest BCUT2D eigenvalue weighted by molar-refractivity contribution is -0.137. The summed E-state index contributed by atoms with van der Waals surface area (Å²) in [6.07, 6.45) is -4.48. The molecular weight excluding hydrogens is 364 g/mol. The van der Waals surface area contributed by atoms with Crippen molar-refractivity contribution in [1.82, 2.24) is 5.32 Å². The minimum absolute atomic E-state index is 0.152. The van der Waals surface area contributed by atoms with Gasteiger partial charge in [0.05, 0.1) is 11.1 Å². The third kappa shape index (κ3) is 5.29. The van der Waals surface area contributed by atoms with Gasteiger partial charge in [-0.05, 0) is 42.3 Å². The van der Waals surface area contributed by atoms with E-state index in [1.54, 1.807) is 13.8 Å². The highest BCUT2D eigenvalue weighted by molar-refractivity contribution is 6.01. The quantitative estimate of drug-likeness (QED) is 0.760. The predicted octanol–water partition coefficient (Wildman–Crippen LogP) is 4.24. The number of amides is 2. The Hall–Kier alpha value is -2.90. The fourth-order valence-corrected chi connectivity index (χ4v) is 2.36. The molecule has 0 aromatic heterocycles. The number of carbonyl (C=O) groups is 2. The summed E-state index contributed by atoms with van der Waals surface area (Å²) in [5.41, 5.74) is -0.891. The lowest BCUT2D eigenvalue weighted by Crippen LogP contribution is -2.47. The second-order valence-corrected chi connectivity index (χ2v) is 6.24. The van der Waals surface area contributed by atoms with Gasteiger partial charge < -0.3 is 10.6 Å². The smallest absolute Gasteiger partial charge is 0.340 e. The highest BCUT2D eigenvalue weighted by atomic mass is 19.4. The van der Waals surface area contributed by atoms with Crippen LogP contribution in [-0.4, -0.2) is 17.9 Å². The lowest BCUT2D eigenvalue weighted by Gasteiger charge is -2.22. The lowest BCUT2D eigenvalue weighted by atomic mass is 10.0. The molecular formula is C19H18F4N2O2. The van der Waals surface area contributed by atoms with E-state index in [2.05, 4.69) is 10.6 Å². The average molecular weight is 382 g/mol. The van der Waals surface area contributed by atoms with Crippen LogP contribution in [0.4, 0.5) is 23.2 Å². The molecule has 0 bridgehead atoms. The Morgan fingerprint density at radius 1 is 0.963 bits per heavy atom. The van der Waals surface area contributed by atoms with Crippen molar-refractivity contribution in [2.75, 3.05) is 5.32 Å². The maximum absolute atomic E-state index is 13.7. The van der Waals surface area contributed by atoms with Crippen LogP contribution in [0.3, 0.4) is 0 Å². The molecule has 0 unspecified atom stereocenters. The van der Waals surface area contributed by atoms with Crippen LogP contribution in [0, 0.1) is 11.7 Å². The Bertz CT molecular complexity index is 817.